The molecular formula is C14H23ClN2O2. The molecule has 0 atom stereocenters. The van der Waals surface area contributed by atoms with Gasteiger partial charge in [-0.15, -0.1) is 12.4 Å². The number of nitrogens with one attached hydrogen (secondary N) is 2. The number of carbonyl (C=O) groups is 1. The van der Waals surface area contributed by atoms with Crippen molar-refractivity contribution in [2.24, 2.45) is 5.92 Å². The van der Waals surface area contributed by atoms with Crippen molar-refractivity contribution in [1.29, 1.82) is 0 Å². The molecule has 0 spiro atoms. The summed E-state index contributed by atoms with van der Waals surface area (Å²) in [7, 11) is 0. The van der Waals surface area contributed by atoms with Gasteiger partial charge in [-0.3, -0.25) is 4.79 Å². The highest BCUT2D eigenvalue weighted by Crippen LogP contribution is 2.22. The lowest BCUT2D eigenvalue weighted by Gasteiger charge is -2.21. The number of hydrogen-bond donors (Lipinski definition) is 2. The van der Waals surface area contributed by atoms with E-state index in [0.717, 1.165) is 18.2 Å². The van der Waals surface area contributed by atoms with Gasteiger partial charge in [0.1, 0.15) is 5.76 Å². The Morgan fingerprint density at radius 2 is 2.11 bits per heavy atom. The number of carbonyl (C=O) groups excluding carboxylic acids is 1. The van der Waals surface area contributed by atoms with E-state index >= 15 is 0 Å². The Balaban J connectivity index is 0.00000180. The fourth-order valence-electron chi connectivity index (χ4n) is 2.44. The lowest BCUT2D eigenvalue weighted by Crippen LogP contribution is -2.36. The number of hydrogen-bond acceptors (Lipinski definition) is 3. The molecule has 1 aliphatic carbocycles. The Morgan fingerprint density at radius 1 is 1.32 bits per heavy atom. The van der Waals surface area contributed by atoms with E-state index in [-0.39, 0.29) is 18.3 Å². The first kappa shape index (κ1) is 16.1. The second-order valence-electron chi connectivity index (χ2n) is 4.99. The van der Waals surface area contributed by atoms with Gasteiger partial charge in [0.15, 0.2) is 0 Å². The Bertz CT molecular complexity index is 348. The highest BCUT2D eigenvalue weighted by Gasteiger charge is 2.13. The van der Waals surface area contributed by atoms with Crippen LogP contribution in [0.2, 0.25) is 0 Å². The largest absolute Gasteiger partial charge is 0.467 e. The molecule has 5 heteroatoms. The van der Waals surface area contributed by atoms with Gasteiger partial charge < -0.3 is 15.1 Å². The van der Waals surface area contributed by atoms with Crippen LogP contribution in [0.1, 0.15) is 37.9 Å². The van der Waals surface area contributed by atoms with E-state index < -0.39 is 0 Å². The van der Waals surface area contributed by atoms with Crippen LogP contribution < -0.4 is 10.6 Å². The molecule has 0 aromatic carbocycles. The van der Waals surface area contributed by atoms with Crippen molar-refractivity contribution in [3.05, 3.63) is 24.2 Å². The quantitative estimate of drug-likeness (QED) is 0.845. The molecule has 1 fully saturated rings. The summed E-state index contributed by atoms with van der Waals surface area (Å²) in [6.45, 7) is 1.84. The fraction of sp³-hybridized carbons (Fsp3) is 0.643. The van der Waals surface area contributed by atoms with Crippen molar-refractivity contribution in [2.45, 2.75) is 38.6 Å². The van der Waals surface area contributed by atoms with Crippen LogP contribution in [0.3, 0.4) is 0 Å². The Hall–Kier alpha value is -1.00. The lowest BCUT2D eigenvalue weighted by atomic mass is 9.89. The monoisotopic (exact) mass is 286 g/mol. The number of rotatable bonds is 6. The maximum atomic E-state index is 11.6. The van der Waals surface area contributed by atoms with Gasteiger partial charge in [-0.1, -0.05) is 19.3 Å². The van der Waals surface area contributed by atoms with E-state index in [1.807, 2.05) is 12.1 Å². The molecule has 1 heterocycles. The van der Waals surface area contributed by atoms with Crippen LogP contribution in [0, 0.1) is 5.92 Å². The second-order valence-corrected chi connectivity index (χ2v) is 4.99. The van der Waals surface area contributed by atoms with Crippen molar-refractivity contribution in [3.8, 4) is 0 Å². The Kier molecular flexibility index (Phi) is 7.60. The molecule has 19 heavy (non-hydrogen) atoms. The molecule has 1 aliphatic rings. The van der Waals surface area contributed by atoms with E-state index in [1.165, 1.54) is 32.1 Å². The molecule has 0 radical (unpaired) electrons. The summed E-state index contributed by atoms with van der Waals surface area (Å²) in [6, 6.07) is 3.68. The average molecular weight is 287 g/mol. The van der Waals surface area contributed by atoms with Crippen LogP contribution in [0.4, 0.5) is 0 Å². The predicted molar refractivity (Wildman–Crippen MR) is 77.2 cm³/mol. The molecule has 108 valence electrons. The van der Waals surface area contributed by atoms with Gasteiger partial charge in [0.25, 0.3) is 0 Å². The summed E-state index contributed by atoms with van der Waals surface area (Å²) in [5, 5.41) is 6.07. The zero-order valence-electron chi connectivity index (χ0n) is 11.2. The fourth-order valence-corrected chi connectivity index (χ4v) is 2.44. The SMILES string of the molecule is Cl.O=C(CNCC1CCCCC1)NCc1ccco1. The lowest BCUT2D eigenvalue weighted by molar-refractivity contribution is -0.120. The van der Waals surface area contributed by atoms with Gasteiger partial charge in [0, 0.05) is 0 Å². The molecule has 0 aliphatic heterocycles. The standard InChI is InChI=1S/C14H22N2O2.ClH/c17-14(16-10-13-7-4-8-18-13)11-15-9-12-5-2-1-3-6-12;/h4,7-8,12,15H,1-3,5-6,9-11H2,(H,16,17);1H. The number of halogens is 1. The van der Waals surface area contributed by atoms with Crippen LogP contribution in [0.25, 0.3) is 0 Å². The van der Waals surface area contributed by atoms with Crippen LogP contribution in [0.15, 0.2) is 22.8 Å². The van der Waals surface area contributed by atoms with E-state index in [1.54, 1.807) is 6.26 Å². The van der Waals surface area contributed by atoms with Crippen molar-refractivity contribution in [3.63, 3.8) is 0 Å². The molecular weight excluding hydrogens is 264 g/mol. The van der Waals surface area contributed by atoms with E-state index in [2.05, 4.69) is 10.6 Å². The molecule has 1 aromatic heterocycles. The first-order chi connectivity index (χ1) is 8.84. The van der Waals surface area contributed by atoms with Crippen molar-refractivity contribution in [1.82, 2.24) is 10.6 Å². The summed E-state index contributed by atoms with van der Waals surface area (Å²) in [5.41, 5.74) is 0. The first-order valence-electron chi connectivity index (χ1n) is 6.84. The van der Waals surface area contributed by atoms with Gasteiger partial charge in [0.05, 0.1) is 19.4 Å². The summed E-state index contributed by atoms with van der Waals surface area (Å²) in [6.07, 6.45) is 8.29. The summed E-state index contributed by atoms with van der Waals surface area (Å²) < 4.78 is 5.15. The minimum atomic E-state index is 0. The third-order valence-corrected chi connectivity index (χ3v) is 3.48. The van der Waals surface area contributed by atoms with E-state index in [0.29, 0.717) is 13.1 Å². The van der Waals surface area contributed by atoms with Gasteiger partial charge >= 0.3 is 0 Å². The van der Waals surface area contributed by atoms with Gasteiger partial charge in [-0.25, -0.2) is 0 Å². The Morgan fingerprint density at radius 3 is 2.79 bits per heavy atom. The van der Waals surface area contributed by atoms with Crippen LogP contribution in [-0.4, -0.2) is 19.0 Å². The zero-order valence-corrected chi connectivity index (χ0v) is 12.0. The van der Waals surface area contributed by atoms with Crippen molar-refractivity contribution < 1.29 is 9.21 Å². The molecule has 1 amide bonds. The van der Waals surface area contributed by atoms with Crippen LogP contribution in [-0.2, 0) is 11.3 Å². The predicted octanol–water partition coefficient (Wildman–Crippen LogP) is 2.49. The smallest absolute Gasteiger partial charge is 0.234 e. The van der Waals surface area contributed by atoms with Gasteiger partial charge in [-0.05, 0) is 37.4 Å². The highest BCUT2D eigenvalue weighted by molar-refractivity contribution is 5.85. The van der Waals surface area contributed by atoms with Gasteiger partial charge in [-0.2, -0.15) is 0 Å². The summed E-state index contributed by atoms with van der Waals surface area (Å²) in [5.74, 6) is 1.58. The first-order valence-corrected chi connectivity index (χ1v) is 6.84. The molecule has 0 unspecified atom stereocenters. The number of amides is 1. The van der Waals surface area contributed by atoms with Crippen molar-refractivity contribution in [2.75, 3.05) is 13.1 Å². The van der Waals surface area contributed by atoms with E-state index in [4.69, 9.17) is 4.42 Å². The maximum Gasteiger partial charge on any atom is 0.234 e. The molecule has 1 saturated carbocycles. The molecule has 0 bridgehead atoms. The van der Waals surface area contributed by atoms with E-state index in [9.17, 15) is 4.79 Å². The molecule has 1 aromatic rings. The molecule has 4 nitrogen and oxygen atoms in total. The second kappa shape index (κ2) is 8.99. The summed E-state index contributed by atoms with van der Waals surface area (Å²) >= 11 is 0. The minimum absolute atomic E-state index is 0. The van der Waals surface area contributed by atoms with Crippen LogP contribution in [0.5, 0.6) is 0 Å². The highest BCUT2D eigenvalue weighted by atomic mass is 35.5. The normalized spacial score (nSPS) is 15.8. The molecule has 2 N–H and O–H groups in total. The minimum Gasteiger partial charge on any atom is -0.467 e. The topological polar surface area (TPSA) is 54.3 Å². The van der Waals surface area contributed by atoms with Gasteiger partial charge in [0.2, 0.25) is 5.91 Å². The molecule has 0 saturated heterocycles. The summed E-state index contributed by atoms with van der Waals surface area (Å²) in [4.78, 5) is 11.6. The zero-order chi connectivity index (χ0) is 12.6. The Labute approximate surface area is 120 Å². The third kappa shape index (κ3) is 6.12. The average Bonchev–Trinajstić information content (AvgIpc) is 2.91. The third-order valence-electron chi connectivity index (χ3n) is 3.48. The van der Waals surface area contributed by atoms with Crippen LogP contribution >= 0.6 is 12.4 Å². The van der Waals surface area contributed by atoms with Crippen molar-refractivity contribution >= 4 is 18.3 Å². The number of furan rings is 1. The molecule has 2 rings (SSSR count). The maximum absolute atomic E-state index is 11.6.